The van der Waals surface area contributed by atoms with Gasteiger partial charge in [-0.2, -0.15) is 0 Å². The van der Waals surface area contributed by atoms with Crippen LogP contribution in [0, 0.1) is 6.92 Å². The van der Waals surface area contributed by atoms with Gasteiger partial charge in [0.15, 0.2) is 0 Å². The molecule has 2 heterocycles. The first-order valence-corrected chi connectivity index (χ1v) is 7.06. The number of aromatic nitrogens is 2. The summed E-state index contributed by atoms with van der Waals surface area (Å²) in [6, 6.07) is 11.9. The van der Waals surface area contributed by atoms with Crippen LogP contribution in [0.1, 0.15) is 12.0 Å². The fourth-order valence-corrected chi connectivity index (χ4v) is 2.22. The highest BCUT2D eigenvalue weighted by Gasteiger charge is 2.04. The van der Waals surface area contributed by atoms with Crippen molar-refractivity contribution in [2.24, 2.45) is 0 Å². The van der Waals surface area contributed by atoms with Crippen molar-refractivity contribution in [3.05, 3.63) is 54.4 Å². The molecule has 2 aromatic heterocycles. The van der Waals surface area contributed by atoms with Gasteiger partial charge in [0.25, 0.3) is 0 Å². The van der Waals surface area contributed by atoms with Crippen LogP contribution < -0.4 is 4.74 Å². The van der Waals surface area contributed by atoms with E-state index in [0.29, 0.717) is 13.0 Å². The van der Waals surface area contributed by atoms with Crippen LogP contribution in [-0.4, -0.2) is 27.7 Å². The third-order valence-electron chi connectivity index (χ3n) is 3.32. The Morgan fingerprint density at radius 1 is 1.10 bits per heavy atom. The number of rotatable bonds is 5. The van der Waals surface area contributed by atoms with Gasteiger partial charge in [0, 0.05) is 31.0 Å². The molecular weight excluding hydrogens is 264 g/mol. The van der Waals surface area contributed by atoms with Crippen LogP contribution in [-0.2, 0) is 0 Å². The van der Waals surface area contributed by atoms with Gasteiger partial charge >= 0.3 is 0 Å². The molecule has 1 aromatic carbocycles. The third kappa shape index (κ3) is 3.06. The summed E-state index contributed by atoms with van der Waals surface area (Å²) in [4.78, 5) is 4.62. The largest absolute Gasteiger partial charge is 0.494 e. The van der Waals surface area contributed by atoms with Crippen molar-refractivity contribution in [1.29, 1.82) is 0 Å². The molecule has 0 aliphatic rings. The fourth-order valence-electron chi connectivity index (χ4n) is 2.22. The molecule has 0 saturated carbocycles. The summed E-state index contributed by atoms with van der Waals surface area (Å²) in [5.41, 5.74) is 4.16. The first-order valence-electron chi connectivity index (χ1n) is 7.06. The van der Waals surface area contributed by atoms with Crippen LogP contribution in [0.25, 0.3) is 16.9 Å². The van der Waals surface area contributed by atoms with Crippen LogP contribution in [0.4, 0.5) is 0 Å². The molecule has 1 N–H and O–H groups in total. The van der Waals surface area contributed by atoms with E-state index in [1.165, 1.54) is 5.56 Å². The molecule has 3 rings (SSSR count). The predicted molar refractivity (Wildman–Crippen MR) is 82.6 cm³/mol. The topological polar surface area (TPSA) is 46.8 Å². The number of pyridine rings is 1. The Kier molecular flexibility index (Phi) is 3.88. The maximum atomic E-state index is 8.74. The molecule has 0 bridgehead atoms. The minimum absolute atomic E-state index is 0.152. The van der Waals surface area contributed by atoms with E-state index in [1.54, 1.807) is 0 Å². The Morgan fingerprint density at radius 3 is 2.67 bits per heavy atom. The number of benzene rings is 1. The predicted octanol–water partition coefficient (Wildman–Crippen LogP) is 3.07. The van der Waals surface area contributed by atoms with Gasteiger partial charge < -0.3 is 14.2 Å². The molecule has 108 valence electrons. The number of fused-ring (bicyclic) bond motifs is 1. The summed E-state index contributed by atoms with van der Waals surface area (Å²) >= 11 is 0. The first kappa shape index (κ1) is 13.6. The second kappa shape index (κ2) is 5.97. The van der Waals surface area contributed by atoms with Gasteiger partial charge in [-0.25, -0.2) is 4.98 Å². The highest BCUT2D eigenvalue weighted by atomic mass is 16.5. The van der Waals surface area contributed by atoms with Crippen LogP contribution >= 0.6 is 0 Å². The lowest BCUT2D eigenvalue weighted by atomic mass is 10.2. The molecule has 0 amide bonds. The van der Waals surface area contributed by atoms with Gasteiger partial charge in [0.2, 0.25) is 0 Å². The molecule has 3 aromatic rings. The van der Waals surface area contributed by atoms with E-state index in [1.807, 2.05) is 40.9 Å². The zero-order valence-corrected chi connectivity index (χ0v) is 12.0. The zero-order valence-electron chi connectivity index (χ0n) is 12.0. The molecule has 0 saturated heterocycles. The quantitative estimate of drug-likeness (QED) is 0.732. The maximum Gasteiger partial charge on any atom is 0.137 e. The lowest BCUT2D eigenvalue weighted by Crippen LogP contribution is -1.99. The van der Waals surface area contributed by atoms with Crippen LogP contribution in [0.3, 0.4) is 0 Å². The van der Waals surface area contributed by atoms with E-state index in [-0.39, 0.29) is 6.61 Å². The van der Waals surface area contributed by atoms with Crippen molar-refractivity contribution in [2.45, 2.75) is 13.3 Å². The normalized spacial score (nSPS) is 11.0. The Balaban J connectivity index is 1.81. The number of imidazole rings is 1. The van der Waals surface area contributed by atoms with E-state index in [2.05, 4.69) is 24.2 Å². The average Bonchev–Trinajstić information content (AvgIpc) is 2.91. The summed E-state index contributed by atoms with van der Waals surface area (Å²) < 4.78 is 7.56. The minimum Gasteiger partial charge on any atom is -0.494 e. The molecule has 0 aliphatic carbocycles. The molecule has 0 atom stereocenters. The van der Waals surface area contributed by atoms with Gasteiger partial charge in [-0.1, -0.05) is 6.07 Å². The molecule has 0 unspecified atom stereocenters. The van der Waals surface area contributed by atoms with Crippen molar-refractivity contribution < 1.29 is 9.84 Å². The highest BCUT2D eigenvalue weighted by molar-refractivity contribution is 5.63. The molecule has 21 heavy (non-hydrogen) atoms. The number of nitrogens with zero attached hydrogens (tertiary/aromatic N) is 2. The van der Waals surface area contributed by atoms with Gasteiger partial charge in [0.05, 0.1) is 12.3 Å². The smallest absolute Gasteiger partial charge is 0.137 e. The number of hydrogen-bond donors (Lipinski definition) is 1. The Labute approximate surface area is 123 Å². The number of aliphatic hydroxyl groups excluding tert-OH is 1. The number of hydrogen-bond acceptors (Lipinski definition) is 3. The van der Waals surface area contributed by atoms with E-state index < -0.39 is 0 Å². The first-order chi connectivity index (χ1) is 10.3. The fraction of sp³-hybridized carbons (Fsp3) is 0.235. The van der Waals surface area contributed by atoms with Gasteiger partial charge in [0.1, 0.15) is 11.4 Å². The van der Waals surface area contributed by atoms with Crippen molar-refractivity contribution in [1.82, 2.24) is 9.38 Å². The molecular formula is C17H18N2O2. The molecule has 4 nitrogen and oxygen atoms in total. The summed E-state index contributed by atoms with van der Waals surface area (Å²) in [6.45, 7) is 2.75. The van der Waals surface area contributed by atoms with Gasteiger partial charge in [-0.05, 0) is 42.8 Å². The summed E-state index contributed by atoms with van der Waals surface area (Å²) in [5.74, 6) is 0.812. The summed E-state index contributed by atoms with van der Waals surface area (Å²) in [7, 11) is 0. The minimum atomic E-state index is 0.152. The Bertz CT molecular complexity index is 732. The van der Waals surface area contributed by atoms with E-state index in [4.69, 9.17) is 9.84 Å². The number of aryl methyl sites for hydroxylation is 1. The van der Waals surface area contributed by atoms with Crippen LogP contribution in [0.5, 0.6) is 5.75 Å². The van der Waals surface area contributed by atoms with Crippen LogP contribution in [0.2, 0.25) is 0 Å². The molecule has 0 fully saturated rings. The molecule has 4 heteroatoms. The van der Waals surface area contributed by atoms with Crippen molar-refractivity contribution >= 4 is 5.65 Å². The molecule has 0 aliphatic heterocycles. The Morgan fingerprint density at radius 2 is 1.90 bits per heavy atom. The molecule has 0 spiro atoms. The second-order valence-corrected chi connectivity index (χ2v) is 5.05. The standard InChI is InChI=1S/C17H18N2O2/c1-13-3-8-17-18-16(12-19(17)11-13)14-4-6-15(7-5-14)21-10-2-9-20/h3-8,11-12,20H,2,9-10H2,1H3. The SMILES string of the molecule is Cc1ccc2nc(-c3ccc(OCCCO)cc3)cn2c1. The number of ether oxygens (including phenoxy) is 1. The van der Waals surface area contributed by atoms with E-state index >= 15 is 0 Å². The second-order valence-electron chi connectivity index (χ2n) is 5.05. The lowest BCUT2D eigenvalue weighted by molar-refractivity contribution is 0.233. The lowest BCUT2D eigenvalue weighted by Gasteiger charge is -2.05. The average molecular weight is 282 g/mol. The summed E-state index contributed by atoms with van der Waals surface area (Å²) in [5, 5.41) is 8.74. The number of aliphatic hydroxyl groups is 1. The van der Waals surface area contributed by atoms with Crippen molar-refractivity contribution in [2.75, 3.05) is 13.2 Å². The Hall–Kier alpha value is -2.33. The van der Waals surface area contributed by atoms with E-state index in [9.17, 15) is 0 Å². The van der Waals surface area contributed by atoms with Gasteiger partial charge in [-0.3, -0.25) is 0 Å². The monoisotopic (exact) mass is 282 g/mol. The summed E-state index contributed by atoms with van der Waals surface area (Å²) in [6.07, 6.45) is 4.75. The van der Waals surface area contributed by atoms with E-state index in [0.717, 1.165) is 22.7 Å². The maximum absolute atomic E-state index is 8.74. The third-order valence-corrected chi connectivity index (χ3v) is 3.32. The van der Waals surface area contributed by atoms with Crippen LogP contribution in [0.15, 0.2) is 48.8 Å². The van der Waals surface area contributed by atoms with Crippen molar-refractivity contribution in [3.63, 3.8) is 0 Å². The van der Waals surface area contributed by atoms with Crippen molar-refractivity contribution in [3.8, 4) is 17.0 Å². The zero-order chi connectivity index (χ0) is 14.7. The van der Waals surface area contributed by atoms with Gasteiger partial charge in [-0.15, -0.1) is 0 Å². The highest BCUT2D eigenvalue weighted by Crippen LogP contribution is 2.22. The molecule has 0 radical (unpaired) electrons.